The molecule has 2 N–H and O–H groups in total. The summed E-state index contributed by atoms with van der Waals surface area (Å²) >= 11 is 12.0. The molecule has 0 aromatic heterocycles. The third-order valence-electron chi connectivity index (χ3n) is 4.63. The van der Waals surface area contributed by atoms with Gasteiger partial charge in [0.25, 0.3) is 5.91 Å². The van der Waals surface area contributed by atoms with E-state index in [1.807, 2.05) is 0 Å². The van der Waals surface area contributed by atoms with Crippen molar-refractivity contribution in [2.24, 2.45) is 0 Å². The van der Waals surface area contributed by atoms with Crippen LogP contribution in [0.2, 0.25) is 10.0 Å². The number of carbonyl (C=O) groups is 2. The van der Waals surface area contributed by atoms with E-state index in [-0.39, 0.29) is 29.1 Å². The maximum atomic E-state index is 13.8. The summed E-state index contributed by atoms with van der Waals surface area (Å²) in [7, 11) is 0. The van der Waals surface area contributed by atoms with Crippen LogP contribution in [0, 0.1) is 5.82 Å². The lowest BCUT2D eigenvalue weighted by Crippen LogP contribution is -2.18. The van der Waals surface area contributed by atoms with Crippen molar-refractivity contribution in [3.63, 3.8) is 0 Å². The van der Waals surface area contributed by atoms with Crippen molar-refractivity contribution >= 4 is 46.4 Å². The minimum atomic E-state index is -4.82. The van der Waals surface area contributed by atoms with Gasteiger partial charge in [-0.2, -0.15) is 13.2 Å². The molecule has 33 heavy (non-hydrogen) atoms. The molecule has 172 valence electrons. The maximum absolute atomic E-state index is 13.8. The molecule has 0 heterocycles. The number of rotatable bonds is 6. The molecule has 0 saturated heterocycles. The number of amides is 2. The van der Waals surface area contributed by atoms with Gasteiger partial charge in [-0.1, -0.05) is 47.5 Å². The van der Waals surface area contributed by atoms with Crippen LogP contribution in [0.25, 0.3) is 0 Å². The van der Waals surface area contributed by atoms with Gasteiger partial charge < -0.3 is 10.6 Å². The Morgan fingerprint density at radius 2 is 1.64 bits per heavy atom. The summed E-state index contributed by atoms with van der Waals surface area (Å²) in [6.45, 7) is 0. The van der Waals surface area contributed by atoms with Gasteiger partial charge in [-0.05, 0) is 48.4 Å². The Bertz CT molecular complexity index is 1200. The van der Waals surface area contributed by atoms with Crippen LogP contribution in [-0.2, 0) is 17.4 Å². The number of alkyl halides is 3. The van der Waals surface area contributed by atoms with Crippen LogP contribution in [0.3, 0.4) is 0 Å². The van der Waals surface area contributed by atoms with Gasteiger partial charge in [0.1, 0.15) is 5.82 Å². The largest absolute Gasteiger partial charge is 0.418 e. The highest BCUT2D eigenvalue weighted by Gasteiger charge is 2.34. The van der Waals surface area contributed by atoms with Crippen LogP contribution < -0.4 is 10.6 Å². The molecular weight excluding hydrogens is 483 g/mol. The second kappa shape index (κ2) is 10.2. The maximum Gasteiger partial charge on any atom is 0.418 e. The number of carbonyl (C=O) groups excluding carboxylic acids is 2. The zero-order valence-corrected chi connectivity index (χ0v) is 18.3. The fourth-order valence-electron chi connectivity index (χ4n) is 3.01. The van der Waals surface area contributed by atoms with Crippen molar-refractivity contribution in [2.75, 3.05) is 10.6 Å². The fraction of sp³-hybridized carbons (Fsp3) is 0.130. The third kappa shape index (κ3) is 6.24. The average Bonchev–Trinajstić information content (AvgIpc) is 2.75. The summed E-state index contributed by atoms with van der Waals surface area (Å²) in [5.74, 6) is -2.38. The fourth-order valence-corrected chi connectivity index (χ4v) is 3.43. The van der Waals surface area contributed by atoms with E-state index in [1.165, 1.54) is 24.3 Å². The monoisotopic (exact) mass is 498 g/mol. The SMILES string of the molecule is O=C(CCc1cccc(Cl)c1Cl)Nc1ccc(NC(=O)c2ccccc2F)cc1C(F)(F)F. The smallest absolute Gasteiger partial charge is 0.325 e. The summed E-state index contributed by atoms with van der Waals surface area (Å²) in [5.41, 5.74) is -1.58. The summed E-state index contributed by atoms with van der Waals surface area (Å²) in [4.78, 5) is 24.5. The minimum Gasteiger partial charge on any atom is -0.325 e. The van der Waals surface area contributed by atoms with Gasteiger partial charge in [0.2, 0.25) is 5.91 Å². The topological polar surface area (TPSA) is 58.2 Å². The van der Waals surface area contributed by atoms with Gasteiger partial charge >= 0.3 is 6.18 Å². The van der Waals surface area contributed by atoms with Crippen LogP contribution in [0.15, 0.2) is 60.7 Å². The number of anilines is 2. The highest BCUT2D eigenvalue weighted by Crippen LogP contribution is 2.37. The molecule has 4 nitrogen and oxygen atoms in total. The highest BCUT2D eigenvalue weighted by atomic mass is 35.5. The standard InChI is InChI=1S/C23H16Cl2F4N2O2/c24-17-6-3-4-13(21(17)25)8-11-20(32)31-19-10-9-14(12-16(19)23(27,28)29)30-22(33)15-5-1-2-7-18(15)26/h1-7,9-10,12H,8,11H2,(H,30,33)(H,31,32). The summed E-state index contributed by atoms with van der Waals surface area (Å²) < 4.78 is 54.5. The van der Waals surface area contributed by atoms with Crippen molar-refractivity contribution in [1.29, 1.82) is 0 Å². The van der Waals surface area contributed by atoms with Gasteiger partial charge in [0, 0.05) is 12.1 Å². The lowest BCUT2D eigenvalue weighted by Gasteiger charge is -2.16. The molecule has 0 atom stereocenters. The summed E-state index contributed by atoms with van der Waals surface area (Å²) in [5, 5.41) is 5.05. The highest BCUT2D eigenvalue weighted by molar-refractivity contribution is 6.42. The first-order valence-corrected chi connectivity index (χ1v) is 10.3. The predicted molar refractivity (Wildman–Crippen MR) is 119 cm³/mol. The number of aryl methyl sites for hydroxylation is 1. The Hall–Kier alpha value is -3.10. The van der Waals surface area contributed by atoms with Crippen molar-refractivity contribution in [1.82, 2.24) is 0 Å². The van der Waals surface area contributed by atoms with Crippen LogP contribution in [-0.4, -0.2) is 11.8 Å². The molecule has 10 heteroatoms. The predicted octanol–water partition coefficient (Wildman–Crippen LogP) is 6.97. The Morgan fingerprint density at radius 3 is 2.33 bits per heavy atom. The van der Waals surface area contributed by atoms with Gasteiger partial charge in [0.05, 0.1) is 26.9 Å². The van der Waals surface area contributed by atoms with Crippen molar-refractivity contribution in [2.45, 2.75) is 19.0 Å². The molecule has 0 aliphatic carbocycles. The summed E-state index contributed by atoms with van der Waals surface area (Å²) in [6, 6.07) is 12.8. The van der Waals surface area contributed by atoms with E-state index in [0.717, 1.165) is 12.1 Å². The molecule has 0 bridgehead atoms. The first kappa shape index (κ1) is 24.5. The molecule has 3 rings (SSSR count). The van der Waals surface area contributed by atoms with Gasteiger partial charge in [0.15, 0.2) is 0 Å². The molecule has 2 amide bonds. The van der Waals surface area contributed by atoms with Crippen molar-refractivity contribution in [3.8, 4) is 0 Å². The normalized spacial score (nSPS) is 11.2. The number of nitrogens with one attached hydrogen (secondary N) is 2. The first-order valence-electron chi connectivity index (χ1n) is 9.56. The Labute approximate surface area is 196 Å². The Balaban J connectivity index is 1.75. The number of benzene rings is 3. The van der Waals surface area contributed by atoms with Crippen molar-refractivity contribution in [3.05, 3.63) is 93.2 Å². The molecule has 0 radical (unpaired) electrons. The quantitative estimate of drug-likeness (QED) is 0.360. The molecular formula is C23H16Cl2F4N2O2. The minimum absolute atomic E-state index is 0.136. The van der Waals surface area contributed by atoms with E-state index in [9.17, 15) is 27.2 Å². The van der Waals surface area contributed by atoms with E-state index in [1.54, 1.807) is 18.2 Å². The molecule has 0 fully saturated rings. The Morgan fingerprint density at radius 1 is 0.909 bits per heavy atom. The lowest BCUT2D eigenvalue weighted by molar-refractivity contribution is -0.136. The molecule has 3 aromatic carbocycles. The van der Waals surface area contributed by atoms with Gasteiger partial charge in [-0.3, -0.25) is 9.59 Å². The molecule has 0 aliphatic rings. The first-order chi connectivity index (χ1) is 15.6. The van der Waals surface area contributed by atoms with E-state index in [4.69, 9.17) is 23.2 Å². The van der Waals surface area contributed by atoms with E-state index >= 15 is 0 Å². The van der Waals surface area contributed by atoms with Crippen LogP contribution in [0.4, 0.5) is 28.9 Å². The third-order valence-corrected chi connectivity index (χ3v) is 5.49. The number of hydrogen-bond donors (Lipinski definition) is 2. The van der Waals surface area contributed by atoms with Crippen LogP contribution >= 0.6 is 23.2 Å². The Kier molecular flexibility index (Phi) is 7.61. The second-order valence-corrected chi connectivity index (χ2v) is 7.74. The summed E-state index contributed by atoms with van der Waals surface area (Å²) in [6.07, 6.45) is -4.79. The van der Waals surface area contributed by atoms with E-state index < -0.39 is 35.1 Å². The lowest BCUT2D eigenvalue weighted by atomic mass is 10.1. The van der Waals surface area contributed by atoms with E-state index in [2.05, 4.69) is 10.6 Å². The van der Waals surface area contributed by atoms with Crippen molar-refractivity contribution < 1.29 is 27.2 Å². The average molecular weight is 499 g/mol. The number of halogens is 6. The van der Waals surface area contributed by atoms with Crippen LogP contribution in [0.5, 0.6) is 0 Å². The zero-order valence-electron chi connectivity index (χ0n) is 16.8. The molecule has 0 spiro atoms. The molecule has 0 aliphatic heterocycles. The van der Waals surface area contributed by atoms with Gasteiger partial charge in [-0.15, -0.1) is 0 Å². The second-order valence-electron chi connectivity index (χ2n) is 6.95. The molecule has 0 saturated carbocycles. The van der Waals surface area contributed by atoms with Gasteiger partial charge in [-0.25, -0.2) is 4.39 Å². The zero-order chi connectivity index (χ0) is 24.2. The molecule has 3 aromatic rings. The van der Waals surface area contributed by atoms with Crippen LogP contribution in [0.1, 0.15) is 27.9 Å². The number of hydrogen-bond acceptors (Lipinski definition) is 2. The molecule has 0 unspecified atom stereocenters. The van der Waals surface area contributed by atoms with E-state index in [0.29, 0.717) is 16.7 Å².